The molecule has 1 aromatic rings. The molecule has 0 heterocycles. The van der Waals surface area contributed by atoms with Crippen molar-refractivity contribution in [2.24, 2.45) is 0 Å². The van der Waals surface area contributed by atoms with Gasteiger partial charge in [0, 0.05) is 0 Å². The smallest absolute Gasteiger partial charge is 0.744 e. The average Bonchev–Trinajstić information content (AvgIpc) is 2.65. The van der Waals surface area contributed by atoms with E-state index in [1.54, 1.807) is 13.8 Å². The van der Waals surface area contributed by atoms with Crippen LogP contribution in [0.3, 0.4) is 0 Å². The van der Waals surface area contributed by atoms with Gasteiger partial charge in [0.25, 0.3) is 0 Å². The van der Waals surface area contributed by atoms with E-state index >= 15 is 0 Å². The van der Waals surface area contributed by atoms with Crippen LogP contribution in [0.15, 0.2) is 17.0 Å². The van der Waals surface area contributed by atoms with E-state index in [0.29, 0.717) is 23.5 Å². The standard InChI is InChI=1S/C24H42O4S.Na/c1-4-5-6-7-8-9-10-11-12-13-14-15-16-17-18-28-24-21(2)19-23(20-22(24)3)29(25,26)27;/h19-20H,4-18H2,1-3H3,(H,25,26,27);/q;+1/p-1. The molecule has 6 heteroatoms. The van der Waals surface area contributed by atoms with Crippen molar-refractivity contribution in [1.29, 1.82) is 0 Å². The SMILES string of the molecule is CCCCCCCCCCCCCCCCOc1c(C)cc(S(=O)(=O)[O-])cc1C.[Na+]. The Labute approximate surface area is 207 Å². The third-order valence-corrected chi connectivity index (χ3v) is 6.28. The molecule has 0 bridgehead atoms. The van der Waals surface area contributed by atoms with E-state index in [1.807, 2.05) is 0 Å². The van der Waals surface area contributed by atoms with E-state index in [-0.39, 0.29) is 34.5 Å². The van der Waals surface area contributed by atoms with Crippen molar-refractivity contribution in [3.05, 3.63) is 23.3 Å². The van der Waals surface area contributed by atoms with E-state index in [4.69, 9.17) is 4.74 Å². The van der Waals surface area contributed by atoms with Crippen molar-refractivity contribution in [2.75, 3.05) is 6.61 Å². The van der Waals surface area contributed by atoms with Crippen molar-refractivity contribution < 1.29 is 47.3 Å². The van der Waals surface area contributed by atoms with Gasteiger partial charge >= 0.3 is 29.6 Å². The molecule has 1 aromatic carbocycles. The molecular weight excluding hydrogens is 407 g/mol. The summed E-state index contributed by atoms with van der Waals surface area (Å²) in [5.74, 6) is 0.701. The summed E-state index contributed by atoms with van der Waals surface area (Å²) in [7, 11) is -4.42. The first kappa shape index (κ1) is 29.9. The van der Waals surface area contributed by atoms with Crippen LogP contribution in [0.5, 0.6) is 5.75 Å². The van der Waals surface area contributed by atoms with Gasteiger partial charge < -0.3 is 9.29 Å². The van der Waals surface area contributed by atoms with Crippen LogP contribution in [0.1, 0.15) is 108 Å². The van der Waals surface area contributed by atoms with Gasteiger partial charge in [0.15, 0.2) is 0 Å². The monoisotopic (exact) mass is 448 g/mol. The first-order valence-electron chi connectivity index (χ1n) is 11.6. The number of hydrogen-bond acceptors (Lipinski definition) is 4. The minimum absolute atomic E-state index is 0. The van der Waals surface area contributed by atoms with Crippen molar-refractivity contribution in [3.8, 4) is 5.75 Å². The number of benzene rings is 1. The predicted molar refractivity (Wildman–Crippen MR) is 120 cm³/mol. The number of aryl methyl sites for hydroxylation is 2. The topological polar surface area (TPSA) is 66.4 Å². The van der Waals surface area contributed by atoms with Crippen LogP contribution in [0.4, 0.5) is 0 Å². The third-order valence-electron chi connectivity index (χ3n) is 5.47. The summed E-state index contributed by atoms with van der Waals surface area (Å²) < 4.78 is 39.3. The summed E-state index contributed by atoms with van der Waals surface area (Å²) in [4.78, 5) is -0.184. The summed E-state index contributed by atoms with van der Waals surface area (Å²) in [5.41, 5.74) is 1.40. The molecule has 0 aliphatic rings. The Morgan fingerprint density at radius 3 is 1.47 bits per heavy atom. The minimum atomic E-state index is -4.42. The molecule has 168 valence electrons. The molecule has 0 aromatic heterocycles. The van der Waals surface area contributed by atoms with Crippen molar-refractivity contribution in [2.45, 2.75) is 116 Å². The Kier molecular flexibility index (Phi) is 17.4. The molecule has 0 spiro atoms. The van der Waals surface area contributed by atoms with Gasteiger partial charge in [-0.3, -0.25) is 0 Å². The number of rotatable bonds is 17. The maximum absolute atomic E-state index is 11.2. The molecular formula is C24H41NaO4S. The largest absolute Gasteiger partial charge is 1.00 e. The summed E-state index contributed by atoms with van der Waals surface area (Å²) in [6.07, 6.45) is 18.5. The fourth-order valence-electron chi connectivity index (χ4n) is 3.75. The molecule has 0 radical (unpaired) electrons. The number of ether oxygens (including phenoxy) is 1. The quantitative estimate of drug-likeness (QED) is 0.205. The summed E-state index contributed by atoms with van der Waals surface area (Å²) in [6, 6.07) is 2.80. The number of unbranched alkanes of at least 4 members (excludes halogenated alkanes) is 13. The van der Waals surface area contributed by atoms with Gasteiger partial charge in [0.05, 0.1) is 11.5 Å². The van der Waals surface area contributed by atoms with E-state index in [0.717, 1.165) is 12.8 Å². The Morgan fingerprint density at radius 1 is 0.733 bits per heavy atom. The predicted octanol–water partition coefficient (Wildman–Crippen LogP) is 4.07. The second-order valence-electron chi connectivity index (χ2n) is 8.28. The zero-order valence-corrected chi connectivity index (χ0v) is 22.6. The van der Waals surface area contributed by atoms with Gasteiger partial charge in [-0.15, -0.1) is 0 Å². The van der Waals surface area contributed by atoms with Crippen LogP contribution in [-0.2, 0) is 10.1 Å². The van der Waals surface area contributed by atoms with Gasteiger partial charge in [-0.05, 0) is 43.5 Å². The average molecular weight is 449 g/mol. The van der Waals surface area contributed by atoms with Crippen molar-refractivity contribution in [1.82, 2.24) is 0 Å². The normalized spacial score (nSPS) is 11.3. The first-order valence-corrected chi connectivity index (χ1v) is 13.0. The minimum Gasteiger partial charge on any atom is -0.744 e. The fourth-order valence-corrected chi connectivity index (χ4v) is 4.40. The van der Waals surface area contributed by atoms with Crippen LogP contribution in [0.2, 0.25) is 0 Å². The molecule has 0 atom stereocenters. The Hall–Kier alpha value is -0.0700. The van der Waals surface area contributed by atoms with E-state index in [9.17, 15) is 13.0 Å². The second-order valence-corrected chi connectivity index (χ2v) is 9.66. The molecule has 0 saturated carbocycles. The summed E-state index contributed by atoms with van der Waals surface area (Å²) in [6.45, 7) is 6.45. The van der Waals surface area contributed by atoms with Crippen molar-refractivity contribution in [3.63, 3.8) is 0 Å². The maximum atomic E-state index is 11.2. The molecule has 1 rings (SSSR count). The van der Waals surface area contributed by atoms with Gasteiger partial charge in [-0.2, -0.15) is 0 Å². The molecule has 0 aliphatic heterocycles. The maximum Gasteiger partial charge on any atom is 1.00 e. The molecule has 0 amide bonds. The first-order chi connectivity index (χ1) is 13.9. The van der Waals surface area contributed by atoms with Crippen LogP contribution in [-0.4, -0.2) is 19.6 Å². The third kappa shape index (κ3) is 13.4. The Bertz CT molecular complexity index is 651. The zero-order valence-electron chi connectivity index (χ0n) is 19.8. The Morgan fingerprint density at radius 2 is 1.10 bits per heavy atom. The van der Waals surface area contributed by atoms with Gasteiger partial charge in [0.2, 0.25) is 0 Å². The fraction of sp³-hybridized carbons (Fsp3) is 0.750. The molecule has 0 N–H and O–H groups in total. The van der Waals surface area contributed by atoms with Crippen molar-refractivity contribution >= 4 is 10.1 Å². The van der Waals surface area contributed by atoms with E-state index in [2.05, 4.69) is 6.92 Å². The van der Waals surface area contributed by atoms with E-state index in [1.165, 1.54) is 89.2 Å². The Balaban J connectivity index is 0.00000841. The number of hydrogen-bond donors (Lipinski definition) is 0. The molecule has 0 unspecified atom stereocenters. The van der Waals surface area contributed by atoms with E-state index < -0.39 is 10.1 Å². The van der Waals surface area contributed by atoms with Gasteiger partial charge in [-0.1, -0.05) is 90.4 Å². The zero-order chi connectivity index (χ0) is 21.5. The summed E-state index contributed by atoms with van der Waals surface area (Å²) >= 11 is 0. The van der Waals surface area contributed by atoms with Crippen LogP contribution in [0, 0.1) is 13.8 Å². The summed E-state index contributed by atoms with van der Waals surface area (Å²) in [5, 5.41) is 0. The van der Waals surface area contributed by atoms with Crippen LogP contribution >= 0.6 is 0 Å². The van der Waals surface area contributed by atoms with Crippen LogP contribution < -0.4 is 34.3 Å². The molecule has 0 fully saturated rings. The molecule has 4 nitrogen and oxygen atoms in total. The molecule has 30 heavy (non-hydrogen) atoms. The van der Waals surface area contributed by atoms with Gasteiger partial charge in [0.1, 0.15) is 15.9 Å². The second kappa shape index (κ2) is 17.5. The van der Waals surface area contributed by atoms with Gasteiger partial charge in [-0.25, -0.2) is 8.42 Å². The van der Waals surface area contributed by atoms with Crippen LogP contribution in [0.25, 0.3) is 0 Å². The molecule has 0 aliphatic carbocycles. The molecule has 0 saturated heterocycles.